The van der Waals surface area contributed by atoms with Crippen LogP contribution in [0.15, 0.2) is 60.8 Å². The van der Waals surface area contributed by atoms with Gasteiger partial charge in [-0.15, -0.1) is 0 Å². The van der Waals surface area contributed by atoms with Gasteiger partial charge in [-0.1, -0.05) is 36.4 Å². The number of benzene rings is 2. The second-order valence-corrected chi connectivity index (χ2v) is 4.21. The molecule has 4 heteroatoms. The van der Waals surface area contributed by atoms with E-state index in [-0.39, 0.29) is 5.75 Å². The van der Waals surface area contributed by atoms with Crippen LogP contribution in [-0.2, 0) is 0 Å². The lowest BCUT2D eigenvalue weighted by molar-refractivity contribution is 0.482. The minimum Gasteiger partial charge on any atom is -0.505 e. The number of aromatic hydroxyl groups is 1. The van der Waals surface area contributed by atoms with Crippen LogP contribution in [0.5, 0.6) is 5.75 Å². The third-order valence-electron chi connectivity index (χ3n) is 3.03. The Morgan fingerprint density at radius 3 is 2.53 bits per heavy atom. The summed E-state index contributed by atoms with van der Waals surface area (Å²) >= 11 is 0. The first-order valence-electron chi connectivity index (χ1n) is 5.94. The maximum absolute atomic E-state index is 10.3. The second-order valence-electron chi connectivity index (χ2n) is 4.21. The van der Waals surface area contributed by atoms with Gasteiger partial charge in [0.05, 0.1) is 0 Å². The van der Waals surface area contributed by atoms with Crippen LogP contribution in [0.3, 0.4) is 0 Å². The normalized spacial score (nSPS) is 10.6. The summed E-state index contributed by atoms with van der Waals surface area (Å²) in [6.07, 6.45) is 1.66. The van der Waals surface area contributed by atoms with Gasteiger partial charge in [-0.3, -0.25) is 5.01 Å². The number of hydrogen-bond donors (Lipinski definition) is 2. The summed E-state index contributed by atoms with van der Waals surface area (Å²) in [6.45, 7) is 0. The summed E-state index contributed by atoms with van der Waals surface area (Å²) < 4.78 is 0. The summed E-state index contributed by atoms with van der Waals surface area (Å²) in [6, 6.07) is 16.8. The number of hydrazine groups is 1. The van der Waals surface area contributed by atoms with Crippen molar-refractivity contribution >= 4 is 22.3 Å². The highest BCUT2D eigenvalue weighted by Gasteiger charge is 2.12. The molecule has 0 spiro atoms. The highest BCUT2D eigenvalue weighted by Crippen LogP contribution is 2.36. The molecule has 19 heavy (non-hydrogen) atoms. The molecule has 0 saturated carbocycles. The zero-order valence-electron chi connectivity index (χ0n) is 10.2. The largest absolute Gasteiger partial charge is 0.505 e. The van der Waals surface area contributed by atoms with Gasteiger partial charge in [0, 0.05) is 11.6 Å². The fraction of sp³-hybridized carbons (Fsp3) is 0. The van der Waals surface area contributed by atoms with Crippen molar-refractivity contribution in [3.63, 3.8) is 0 Å². The number of nitrogens with zero attached hydrogens (tertiary/aromatic N) is 2. The van der Waals surface area contributed by atoms with Crippen molar-refractivity contribution in [1.82, 2.24) is 4.98 Å². The maximum atomic E-state index is 10.3. The second kappa shape index (κ2) is 4.59. The van der Waals surface area contributed by atoms with Crippen LogP contribution in [0.25, 0.3) is 10.8 Å². The highest BCUT2D eigenvalue weighted by atomic mass is 16.3. The van der Waals surface area contributed by atoms with E-state index in [2.05, 4.69) is 4.98 Å². The summed E-state index contributed by atoms with van der Waals surface area (Å²) in [5.41, 5.74) is 0.525. The van der Waals surface area contributed by atoms with Crippen LogP contribution in [0.1, 0.15) is 0 Å². The lowest BCUT2D eigenvalue weighted by Gasteiger charge is -2.19. The molecule has 0 aliphatic heterocycles. The smallest absolute Gasteiger partial charge is 0.148 e. The molecule has 4 nitrogen and oxygen atoms in total. The van der Waals surface area contributed by atoms with E-state index in [9.17, 15) is 5.11 Å². The third kappa shape index (κ3) is 1.98. The van der Waals surface area contributed by atoms with Gasteiger partial charge in [-0.2, -0.15) is 0 Å². The number of phenols is 1. The molecule has 3 aromatic rings. The van der Waals surface area contributed by atoms with Gasteiger partial charge in [0.2, 0.25) is 0 Å². The number of phenolic OH excluding ortho intramolecular Hbond substituents is 1. The van der Waals surface area contributed by atoms with Gasteiger partial charge in [0.1, 0.15) is 17.3 Å². The van der Waals surface area contributed by atoms with E-state index in [1.165, 1.54) is 5.01 Å². The number of pyridine rings is 1. The van der Waals surface area contributed by atoms with Crippen LogP contribution in [0, 0.1) is 0 Å². The molecule has 1 heterocycles. The van der Waals surface area contributed by atoms with Crippen LogP contribution < -0.4 is 10.9 Å². The molecular formula is C15H13N3O. The average Bonchev–Trinajstić information content (AvgIpc) is 2.48. The van der Waals surface area contributed by atoms with E-state index in [4.69, 9.17) is 5.84 Å². The Morgan fingerprint density at radius 2 is 1.74 bits per heavy atom. The number of anilines is 2. The van der Waals surface area contributed by atoms with E-state index in [1.807, 2.05) is 42.5 Å². The van der Waals surface area contributed by atoms with Gasteiger partial charge < -0.3 is 5.11 Å². The molecule has 0 atom stereocenters. The van der Waals surface area contributed by atoms with Gasteiger partial charge in [-0.05, 0) is 23.6 Å². The molecule has 0 amide bonds. The standard InChI is InChI=1S/C15H13N3O/c16-18(14-7-3-4-10-17-14)13-9-8-11-5-1-2-6-12(11)15(13)19/h1-10,19H,16H2. The predicted molar refractivity (Wildman–Crippen MR) is 76.2 cm³/mol. The number of aromatic nitrogens is 1. The Labute approximate surface area is 110 Å². The Balaban J connectivity index is 2.13. The third-order valence-corrected chi connectivity index (χ3v) is 3.03. The first-order chi connectivity index (χ1) is 9.27. The molecule has 0 aliphatic rings. The Morgan fingerprint density at radius 1 is 0.947 bits per heavy atom. The van der Waals surface area contributed by atoms with Crippen LogP contribution >= 0.6 is 0 Å². The van der Waals surface area contributed by atoms with E-state index in [0.29, 0.717) is 11.5 Å². The number of hydrogen-bond acceptors (Lipinski definition) is 4. The minimum atomic E-state index is 0.159. The van der Waals surface area contributed by atoms with Crippen molar-refractivity contribution in [2.45, 2.75) is 0 Å². The van der Waals surface area contributed by atoms with E-state index < -0.39 is 0 Å². The molecular weight excluding hydrogens is 238 g/mol. The Bertz CT molecular complexity index is 713. The van der Waals surface area contributed by atoms with Crippen LogP contribution in [-0.4, -0.2) is 10.1 Å². The molecule has 0 aliphatic carbocycles. The van der Waals surface area contributed by atoms with Crippen molar-refractivity contribution in [3.8, 4) is 5.75 Å². The molecule has 0 unspecified atom stereocenters. The molecule has 3 N–H and O–H groups in total. The minimum absolute atomic E-state index is 0.159. The van der Waals surface area contributed by atoms with Crippen molar-refractivity contribution in [1.29, 1.82) is 0 Å². The predicted octanol–water partition coefficient (Wildman–Crippen LogP) is 2.95. The van der Waals surface area contributed by atoms with Crippen LogP contribution in [0.2, 0.25) is 0 Å². The maximum Gasteiger partial charge on any atom is 0.148 e. The van der Waals surface area contributed by atoms with E-state index in [0.717, 1.165) is 10.8 Å². The molecule has 94 valence electrons. The average molecular weight is 251 g/mol. The first kappa shape index (κ1) is 11.5. The fourth-order valence-electron chi connectivity index (χ4n) is 2.06. The van der Waals surface area contributed by atoms with Gasteiger partial charge >= 0.3 is 0 Å². The van der Waals surface area contributed by atoms with Crippen molar-refractivity contribution in [3.05, 3.63) is 60.8 Å². The summed E-state index contributed by atoms with van der Waals surface area (Å²) in [7, 11) is 0. The molecule has 0 radical (unpaired) electrons. The summed E-state index contributed by atoms with van der Waals surface area (Å²) in [5.74, 6) is 6.75. The highest BCUT2D eigenvalue weighted by molar-refractivity contribution is 5.93. The first-order valence-corrected chi connectivity index (χ1v) is 5.94. The molecule has 0 fully saturated rings. The molecule has 3 rings (SSSR count). The van der Waals surface area contributed by atoms with Crippen molar-refractivity contribution in [2.24, 2.45) is 5.84 Å². The quantitative estimate of drug-likeness (QED) is 0.543. The number of fused-ring (bicyclic) bond motifs is 1. The van der Waals surface area contributed by atoms with Gasteiger partial charge in [-0.25, -0.2) is 10.8 Å². The molecule has 0 saturated heterocycles. The number of nitrogens with two attached hydrogens (primary N) is 1. The van der Waals surface area contributed by atoms with Crippen LogP contribution in [0.4, 0.5) is 11.5 Å². The van der Waals surface area contributed by atoms with E-state index >= 15 is 0 Å². The molecule has 1 aromatic heterocycles. The van der Waals surface area contributed by atoms with Crippen molar-refractivity contribution in [2.75, 3.05) is 5.01 Å². The number of rotatable bonds is 2. The zero-order valence-corrected chi connectivity index (χ0v) is 10.2. The van der Waals surface area contributed by atoms with Gasteiger partial charge in [0.25, 0.3) is 0 Å². The van der Waals surface area contributed by atoms with Crippen molar-refractivity contribution < 1.29 is 5.11 Å². The summed E-state index contributed by atoms with van der Waals surface area (Å²) in [5, 5.41) is 13.4. The van der Waals surface area contributed by atoms with E-state index in [1.54, 1.807) is 18.3 Å². The molecule has 0 bridgehead atoms. The Hall–Kier alpha value is -2.59. The van der Waals surface area contributed by atoms with Gasteiger partial charge in [0.15, 0.2) is 0 Å². The summed E-state index contributed by atoms with van der Waals surface area (Å²) in [4.78, 5) is 4.17. The lowest BCUT2D eigenvalue weighted by Crippen LogP contribution is -2.25. The fourth-order valence-corrected chi connectivity index (χ4v) is 2.06. The Kier molecular flexibility index (Phi) is 2.78. The zero-order chi connectivity index (χ0) is 13.2. The lowest BCUT2D eigenvalue weighted by atomic mass is 10.1. The molecule has 2 aromatic carbocycles. The SMILES string of the molecule is NN(c1ccccn1)c1ccc2ccccc2c1O. The topological polar surface area (TPSA) is 62.4 Å². The monoisotopic (exact) mass is 251 g/mol.